The van der Waals surface area contributed by atoms with Crippen LogP contribution < -0.4 is 5.32 Å². The fourth-order valence-corrected chi connectivity index (χ4v) is 2.20. The van der Waals surface area contributed by atoms with E-state index in [-0.39, 0.29) is 23.5 Å². The fraction of sp³-hybridized carbons (Fsp3) is 0.143. The molecule has 1 aromatic carbocycles. The van der Waals surface area contributed by atoms with E-state index in [2.05, 4.69) is 30.2 Å². The molecular weight excluding hydrogens is 325 g/mol. The molecule has 0 radical (unpaired) electrons. The second-order valence-corrected chi connectivity index (χ2v) is 4.99. The van der Waals surface area contributed by atoms with Crippen LogP contribution in [0.4, 0.5) is 15.9 Å². The first-order valence-corrected chi connectivity index (χ1v) is 6.93. The minimum absolute atomic E-state index is 0.0327. The molecule has 0 unspecified atom stereocenters. The first-order valence-electron chi connectivity index (χ1n) is 6.55. The number of ether oxygens (including phenoxy) is 1. The molecule has 0 bridgehead atoms. The Hall–Kier alpha value is -2.74. The van der Waals surface area contributed by atoms with Gasteiger partial charge in [-0.2, -0.15) is 10.1 Å². The number of rotatable bonds is 4. The van der Waals surface area contributed by atoms with Crippen molar-refractivity contribution in [1.29, 1.82) is 0 Å². The van der Waals surface area contributed by atoms with Gasteiger partial charge in [0.1, 0.15) is 0 Å². The van der Waals surface area contributed by atoms with Gasteiger partial charge in [-0.15, -0.1) is 0 Å². The quantitative estimate of drug-likeness (QED) is 0.562. The Bertz CT molecular complexity index is 883. The highest BCUT2D eigenvalue weighted by Gasteiger charge is 2.12. The lowest BCUT2D eigenvalue weighted by molar-refractivity contribution is -0.139. The van der Waals surface area contributed by atoms with Gasteiger partial charge >= 0.3 is 5.97 Å². The van der Waals surface area contributed by atoms with E-state index in [1.54, 1.807) is 18.2 Å². The van der Waals surface area contributed by atoms with Crippen LogP contribution >= 0.6 is 11.6 Å². The normalized spacial score (nSPS) is 10.7. The molecule has 0 saturated heterocycles. The fourth-order valence-electron chi connectivity index (χ4n) is 2.07. The van der Waals surface area contributed by atoms with Crippen molar-refractivity contribution in [2.75, 3.05) is 12.4 Å². The average molecular weight is 336 g/mol. The number of nitrogens with one attached hydrogen (secondary N) is 2. The van der Waals surface area contributed by atoms with Crippen molar-refractivity contribution in [2.45, 2.75) is 6.42 Å². The summed E-state index contributed by atoms with van der Waals surface area (Å²) in [4.78, 5) is 18.7. The van der Waals surface area contributed by atoms with E-state index in [1.165, 1.54) is 7.11 Å². The predicted molar refractivity (Wildman–Crippen MR) is 82.1 cm³/mol. The number of halogens is 2. The van der Waals surface area contributed by atoms with Gasteiger partial charge in [-0.1, -0.05) is 0 Å². The molecule has 0 spiro atoms. The van der Waals surface area contributed by atoms with Crippen molar-refractivity contribution in [3.05, 3.63) is 41.2 Å². The molecule has 0 amide bonds. The molecule has 0 fully saturated rings. The lowest BCUT2D eigenvalue weighted by atomic mass is 10.1. The zero-order chi connectivity index (χ0) is 16.4. The number of benzene rings is 1. The van der Waals surface area contributed by atoms with Gasteiger partial charge in [0.05, 0.1) is 30.9 Å². The van der Waals surface area contributed by atoms with Crippen LogP contribution in [0.5, 0.6) is 0 Å². The molecule has 3 rings (SSSR count). The molecule has 2 N–H and O–H groups in total. The Morgan fingerprint density at radius 3 is 3.09 bits per heavy atom. The van der Waals surface area contributed by atoms with Crippen molar-refractivity contribution in [1.82, 2.24) is 20.2 Å². The zero-order valence-electron chi connectivity index (χ0n) is 11.9. The van der Waals surface area contributed by atoms with Crippen LogP contribution in [-0.4, -0.2) is 33.2 Å². The number of aromatic amines is 1. The number of methoxy groups -OCH3 is 1. The predicted octanol–water partition coefficient (Wildman–Crippen LogP) is 2.60. The molecule has 0 atom stereocenters. The third kappa shape index (κ3) is 3.21. The first kappa shape index (κ1) is 15.2. The topological polar surface area (TPSA) is 92.8 Å². The number of aromatic nitrogens is 4. The SMILES string of the molecule is COC(=O)Cc1[nH]nc2cc(Nc3nc(Cl)ncc3F)ccc12. The Morgan fingerprint density at radius 1 is 1.48 bits per heavy atom. The molecule has 0 aliphatic rings. The second kappa shape index (κ2) is 6.17. The van der Waals surface area contributed by atoms with Gasteiger partial charge in [-0.05, 0) is 29.8 Å². The highest BCUT2D eigenvalue weighted by Crippen LogP contribution is 2.24. The van der Waals surface area contributed by atoms with E-state index in [4.69, 9.17) is 11.6 Å². The number of H-pyrrole nitrogens is 1. The van der Waals surface area contributed by atoms with Crippen molar-refractivity contribution in [3.8, 4) is 0 Å². The Kier molecular flexibility index (Phi) is 4.07. The van der Waals surface area contributed by atoms with E-state index in [0.717, 1.165) is 11.6 Å². The number of carbonyl (C=O) groups excluding carboxylic acids is 1. The number of carbonyl (C=O) groups is 1. The highest BCUT2D eigenvalue weighted by molar-refractivity contribution is 6.28. The van der Waals surface area contributed by atoms with E-state index in [0.29, 0.717) is 16.9 Å². The summed E-state index contributed by atoms with van der Waals surface area (Å²) in [7, 11) is 1.32. The minimum atomic E-state index is -0.622. The van der Waals surface area contributed by atoms with Crippen molar-refractivity contribution < 1.29 is 13.9 Å². The zero-order valence-corrected chi connectivity index (χ0v) is 12.7. The maximum Gasteiger partial charge on any atom is 0.311 e. The van der Waals surface area contributed by atoms with Crippen molar-refractivity contribution >= 4 is 40.0 Å². The van der Waals surface area contributed by atoms with E-state index in [9.17, 15) is 9.18 Å². The van der Waals surface area contributed by atoms with E-state index in [1.807, 2.05) is 0 Å². The number of fused-ring (bicyclic) bond motifs is 1. The number of esters is 1. The molecule has 0 aliphatic carbocycles. The van der Waals surface area contributed by atoms with Crippen LogP contribution in [0.2, 0.25) is 5.28 Å². The van der Waals surface area contributed by atoms with E-state index >= 15 is 0 Å². The molecule has 0 aliphatic heterocycles. The monoisotopic (exact) mass is 335 g/mol. The summed E-state index contributed by atoms with van der Waals surface area (Å²) in [6.07, 6.45) is 1.08. The molecule has 2 heterocycles. The Morgan fingerprint density at radius 2 is 2.30 bits per heavy atom. The van der Waals surface area contributed by atoms with Crippen LogP contribution in [-0.2, 0) is 16.0 Å². The summed E-state index contributed by atoms with van der Waals surface area (Å²) in [5.41, 5.74) is 1.84. The molecular formula is C14H11ClFN5O2. The van der Waals surface area contributed by atoms with Crippen molar-refractivity contribution in [3.63, 3.8) is 0 Å². The van der Waals surface area contributed by atoms with Crippen LogP contribution in [0.15, 0.2) is 24.4 Å². The van der Waals surface area contributed by atoms with Gasteiger partial charge in [-0.25, -0.2) is 9.37 Å². The van der Waals surface area contributed by atoms with Gasteiger partial charge in [-0.3, -0.25) is 9.89 Å². The smallest absolute Gasteiger partial charge is 0.311 e. The number of hydrogen-bond acceptors (Lipinski definition) is 6. The minimum Gasteiger partial charge on any atom is -0.469 e. The van der Waals surface area contributed by atoms with Gasteiger partial charge in [0.15, 0.2) is 11.6 Å². The van der Waals surface area contributed by atoms with Gasteiger partial charge in [0, 0.05) is 11.1 Å². The van der Waals surface area contributed by atoms with E-state index < -0.39 is 5.82 Å². The molecule has 23 heavy (non-hydrogen) atoms. The Labute approximate surface area is 134 Å². The van der Waals surface area contributed by atoms with Gasteiger partial charge in [0.2, 0.25) is 5.28 Å². The summed E-state index contributed by atoms with van der Waals surface area (Å²) in [5, 5.41) is 10.4. The summed E-state index contributed by atoms with van der Waals surface area (Å²) >= 11 is 5.65. The summed E-state index contributed by atoms with van der Waals surface area (Å²) < 4.78 is 18.3. The molecule has 7 nitrogen and oxygen atoms in total. The largest absolute Gasteiger partial charge is 0.469 e. The lowest BCUT2D eigenvalue weighted by Crippen LogP contribution is -2.04. The van der Waals surface area contributed by atoms with Crippen LogP contribution in [0, 0.1) is 5.82 Å². The second-order valence-electron chi connectivity index (χ2n) is 4.65. The number of anilines is 2. The molecule has 118 valence electrons. The summed E-state index contributed by atoms with van der Waals surface area (Å²) in [5.74, 6) is -1.02. The van der Waals surface area contributed by atoms with Crippen molar-refractivity contribution in [2.24, 2.45) is 0 Å². The van der Waals surface area contributed by atoms with Gasteiger partial charge < -0.3 is 10.1 Å². The third-order valence-corrected chi connectivity index (χ3v) is 3.34. The first-order chi connectivity index (χ1) is 11.1. The van der Waals surface area contributed by atoms with Gasteiger partial charge in [0.25, 0.3) is 0 Å². The average Bonchev–Trinajstić information content (AvgIpc) is 2.93. The standard InChI is InChI=1S/C14H11ClFN5O2/c1-23-12(22)5-11-8-3-2-7(4-10(8)20-21-11)18-13-9(16)6-17-14(15)19-13/h2-4,6H,5H2,1H3,(H,20,21)(H,17,18,19). The summed E-state index contributed by atoms with van der Waals surface area (Å²) in [6, 6.07) is 5.18. The molecule has 0 saturated carbocycles. The molecule has 2 aromatic heterocycles. The molecule has 3 aromatic rings. The summed E-state index contributed by atoms with van der Waals surface area (Å²) in [6.45, 7) is 0. The van der Waals surface area contributed by atoms with Crippen LogP contribution in [0.1, 0.15) is 5.69 Å². The Balaban J connectivity index is 1.89. The lowest BCUT2D eigenvalue weighted by Gasteiger charge is -2.06. The number of nitrogens with zero attached hydrogens (tertiary/aromatic N) is 3. The molecule has 9 heteroatoms. The maximum atomic E-state index is 13.6. The maximum absolute atomic E-state index is 13.6. The van der Waals surface area contributed by atoms with Crippen LogP contribution in [0.25, 0.3) is 10.9 Å². The third-order valence-electron chi connectivity index (χ3n) is 3.16. The highest BCUT2D eigenvalue weighted by atomic mass is 35.5. The number of hydrogen-bond donors (Lipinski definition) is 2. The van der Waals surface area contributed by atoms with Crippen LogP contribution in [0.3, 0.4) is 0 Å².